The van der Waals surface area contributed by atoms with E-state index < -0.39 is 24.9 Å². The van der Waals surface area contributed by atoms with Crippen molar-refractivity contribution < 1.29 is 13.6 Å². The molecule has 1 aromatic rings. The summed E-state index contributed by atoms with van der Waals surface area (Å²) in [5, 5.41) is 2.20. The number of likely N-dealkylation sites (N-methyl/N-ethyl adjacent to an activating group) is 1. The normalized spacial score (nSPS) is 15.2. The monoisotopic (exact) mass is 385 g/mol. The molecule has 1 saturated heterocycles. The van der Waals surface area contributed by atoms with Crippen LogP contribution in [0.2, 0.25) is 0 Å². The molecule has 0 atom stereocenters. The summed E-state index contributed by atoms with van der Waals surface area (Å²) >= 11 is 0. The summed E-state index contributed by atoms with van der Waals surface area (Å²) in [6.45, 7) is 1.91. The Kier molecular flexibility index (Phi) is 9.42. The van der Waals surface area contributed by atoms with E-state index in [1.165, 1.54) is 12.3 Å². The van der Waals surface area contributed by atoms with Gasteiger partial charge in [0.05, 0.1) is 13.1 Å². The van der Waals surface area contributed by atoms with Crippen LogP contribution in [0.4, 0.5) is 14.6 Å². The van der Waals surface area contributed by atoms with Crippen LogP contribution in [-0.4, -0.2) is 68.0 Å². The highest BCUT2D eigenvalue weighted by Crippen LogP contribution is 2.15. The number of carbonyl (C=O) groups is 1. The van der Waals surface area contributed by atoms with Crippen molar-refractivity contribution in [3.05, 3.63) is 23.9 Å². The number of nitrogens with two attached hydrogens (primary N) is 1. The molecule has 0 aliphatic carbocycles. The summed E-state index contributed by atoms with van der Waals surface area (Å²) < 4.78 is 26.1. The van der Waals surface area contributed by atoms with E-state index in [1.54, 1.807) is 6.07 Å². The van der Waals surface area contributed by atoms with Gasteiger partial charge in [0.2, 0.25) is 0 Å². The van der Waals surface area contributed by atoms with Crippen molar-refractivity contribution in [1.82, 2.24) is 15.2 Å². The largest absolute Gasteiger partial charge is 0.354 e. The summed E-state index contributed by atoms with van der Waals surface area (Å²) in [5.74, 6) is -2.96. The Morgan fingerprint density at radius 2 is 1.96 bits per heavy atom. The van der Waals surface area contributed by atoms with Gasteiger partial charge in [-0.05, 0) is 19.2 Å². The maximum atomic E-state index is 13.1. The minimum absolute atomic E-state index is 0. The minimum atomic E-state index is -3.09. The van der Waals surface area contributed by atoms with E-state index in [0.717, 1.165) is 26.2 Å². The van der Waals surface area contributed by atoms with Gasteiger partial charge in [-0.1, -0.05) is 0 Å². The van der Waals surface area contributed by atoms with Gasteiger partial charge in [0, 0.05) is 37.9 Å². The number of pyridine rings is 1. The maximum absolute atomic E-state index is 13.1. The second-order valence-electron chi connectivity index (χ2n) is 5.44. The molecule has 0 unspecified atom stereocenters. The summed E-state index contributed by atoms with van der Waals surface area (Å²) in [7, 11) is 2.05. The first-order valence-corrected chi connectivity index (χ1v) is 7.17. The Balaban J connectivity index is 0.00000264. The lowest BCUT2D eigenvalue weighted by atomic mass is 10.2. The zero-order chi connectivity index (χ0) is 16.2. The standard InChI is InChI=1S/C14H21F2N5O.2ClH/c1-20-4-6-21(7-5-20)12-8-11(2-3-18-12)13(22)19-10-14(15,16)9-17;;/h2-3,8H,4-7,9-10,17H2,1H3,(H,19,22);2*1H. The average Bonchev–Trinajstić information content (AvgIpc) is 2.53. The van der Waals surface area contributed by atoms with Crippen molar-refractivity contribution in [3.63, 3.8) is 0 Å². The molecule has 10 heteroatoms. The first-order chi connectivity index (χ1) is 10.4. The fourth-order valence-corrected chi connectivity index (χ4v) is 2.15. The van der Waals surface area contributed by atoms with Gasteiger partial charge in [0.1, 0.15) is 5.82 Å². The van der Waals surface area contributed by atoms with E-state index >= 15 is 0 Å². The molecule has 1 aliphatic rings. The van der Waals surface area contributed by atoms with E-state index in [2.05, 4.69) is 20.1 Å². The molecular formula is C14H23Cl2F2N5O. The number of piperazine rings is 1. The molecule has 0 bridgehead atoms. The third-order valence-electron chi connectivity index (χ3n) is 3.64. The zero-order valence-electron chi connectivity index (χ0n) is 13.4. The molecule has 0 saturated carbocycles. The lowest BCUT2D eigenvalue weighted by Crippen LogP contribution is -2.45. The van der Waals surface area contributed by atoms with Gasteiger partial charge in [-0.25, -0.2) is 13.8 Å². The molecule has 0 radical (unpaired) electrons. The van der Waals surface area contributed by atoms with Crippen LogP contribution >= 0.6 is 24.8 Å². The number of hydrogen-bond donors (Lipinski definition) is 2. The Morgan fingerprint density at radius 3 is 2.54 bits per heavy atom. The summed E-state index contributed by atoms with van der Waals surface area (Å²) in [4.78, 5) is 20.5. The first-order valence-electron chi connectivity index (χ1n) is 7.17. The van der Waals surface area contributed by atoms with Crippen LogP contribution in [0.1, 0.15) is 10.4 Å². The van der Waals surface area contributed by atoms with Crippen molar-refractivity contribution in [2.45, 2.75) is 5.92 Å². The minimum Gasteiger partial charge on any atom is -0.354 e. The predicted molar refractivity (Wildman–Crippen MR) is 94.8 cm³/mol. The first kappa shape index (κ1) is 22.8. The highest BCUT2D eigenvalue weighted by molar-refractivity contribution is 5.94. The van der Waals surface area contributed by atoms with Gasteiger partial charge in [-0.15, -0.1) is 24.8 Å². The molecule has 1 aliphatic heterocycles. The van der Waals surface area contributed by atoms with Gasteiger partial charge in [0.25, 0.3) is 11.8 Å². The number of amides is 1. The molecular weight excluding hydrogens is 363 g/mol. The van der Waals surface area contributed by atoms with Crippen LogP contribution < -0.4 is 16.0 Å². The van der Waals surface area contributed by atoms with E-state index in [0.29, 0.717) is 11.4 Å². The van der Waals surface area contributed by atoms with Gasteiger partial charge in [0.15, 0.2) is 0 Å². The van der Waals surface area contributed by atoms with Crippen molar-refractivity contribution in [2.75, 3.05) is 51.2 Å². The molecule has 138 valence electrons. The van der Waals surface area contributed by atoms with Crippen LogP contribution in [0.25, 0.3) is 0 Å². The number of carbonyl (C=O) groups excluding carboxylic acids is 1. The number of nitrogens with one attached hydrogen (secondary N) is 1. The van der Waals surface area contributed by atoms with Gasteiger partial charge in [-0.2, -0.15) is 0 Å². The molecule has 2 heterocycles. The number of anilines is 1. The van der Waals surface area contributed by atoms with Crippen molar-refractivity contribution in [1.29, 1.82) is 0 Å². The number of nitrogens with zero attached hydrogens (tertiary/aromatic N) is 3. The SMILES string of the molecule is CN1CCN(c2cc(C(=O)NCC(F)(F)CN)ccn2)CC1.Cl.Cl. The molecule has 1 fully saturated rings. The van der Waals surface area contributed by atoms with Crippen LogP contribution in [-0.2, 0) is 0 Å². The Labute approximate surface area is 152 Å². The number of aromatic nitrogens is 1. The second kappa shape index (κ2) is 9.93. The summed E-state index contributed by atoms with van der Waals surface area (Å²) in [6, 6.07) is 3.14. The zero-order valence-corrected chi connectivity index (χ0v) is 15.0. The molecule has 24 heavy (non-hydrogen) atoms. The number of halogens is 4. The summed E-state index contributed by atoms with van der Waals surface area (Å²) in [5.41, 5.74) is 5.26. The van der Waals surface area contributed by atoms with Crippen molar-refractivity contribution in [3.8, 4) is 0 Å². The van der Waals surface area contributed by atoms with E-state index in [4.69, 9.17) is 5.73 Å². The van der Waals surface area contributed by atoms with Gasteiger partial charge >= 0.3 is 0 Å². The third-order valence-corrected chi connectivity index (χ3v) is 3.64. The van der Waals surface area contributed by atoms with E-state index in [9.17, 15) is 13.6 Å². The third kappa shape index (κ3) is 6.35. The van der Waals surface area contributed by atoms with E-state index in [1.807, 2.05) is 7.05 Å². The van der Waals surface area contributed by atoms with Crippen LogP contribution in [0.3, 0.4) is 0 Å². The smallest absolute Gasteiger partial charge is 0.277 e. The lowest BCUT2D eigenvalue weighted by molar-refractivity contribution is 0.0118. The van der Waals surface area contributed by atoms with Crippen molar-refractivity contribution in [2.24, 2.45) is 5.73 Å². The highest BCUT2D eigenvalue weighted by atomic mass is 35.5. The number of hydrogen-bond acceptors (Lipinski definition) is 5. The molecule has 0 spiro atoms. The van der Waals surface area contributed by atoms with Crippen LogP contribution in [0.15, 0.2) is 18.3 Å². The van der Waals surface area contributed by atoms with Gasteiger partial charge in [-0.3, -0.25) is 4.79 Å². The Bertz CT molecular complexity index is 528. The lowest BCUT2D eigenvalue weighted by Gasteiger charge is -2.33. The fraction of sp³-hybridized carbons (Fsp3) is 0.571. The molecule has 0 aromatic carbocycles. The quantitative estimate of drug-likeness (QED) is 0.790. The Hall–Kier alpha value is -1.22. The molecule has 1 aromatic heterocycles. The number of rotatable bonds is 5. The fourth-order valence-electron chi connectivity index (χ4n) is 2.15. The maximum Gasteiger partial charge on any atom is 0.277 e. The molecule has 6 nitrogen and oxygen atoms in total. The second-order valence-corrected chi connectivity index (χ2v) is 5.44. The number of alkyl halides is 2. The topological polar surface area (TPSA) is 74.5 Å². The van der Waals surface area contributed by atoms with Crippen LogP contribution in [0, 0.1) is 0 Å². The molecule has 3 N–H and O–H groups in total. The van der Waals surface area contributed by atoms with E-state index in [-0.39, 0.29) is 24.8 Å². The Morgan fingerprint density at radius 1 is 1.33 bits per heavy atom. The predicted octanol–water partition coefficient (Wildman–Crippen LogP) is 1.00. The summed E-state index contributed by atoms with van der Waals surface area (Å²) in [6.07, 6.45) is 1.52. The van der Waals surface area contributed by atoms with Crippen LogP contribution in [0.5, 0.6) is 0 Å². The van der Waals surface area contributed by atoms with Gasteiger partial charge < -0.3 is 20.9 Å². The average molecular weight is 386 g/mol. The molecule has 2 rings (SSSR count). The highest BCUT2D eigenvalue weighted by Gasteiger charge is 2.27. The molecule has 1 amide bonds. The van der Waals surface area contributed by atoms with Crippen molar-refractivity contribution >= 4 is 36.5 Å².